The molecule has 10 heavy (non-hydrogen) atoms. The Morgan fingerprint density at radius 1 is 1.80 bits per heavy atom. The van der Waals surface area contributed by atoms with Gasteiger partial charge in [-0.1, -0.05) is 0 Å². The largest absolute Gasteiger partial charge is 0.402 e. The van der Waals surface area contributed by atoms with Gasteiger partial charge < -0.3 is 9.63 Å². The molecule has 0 fully saturated rings. The molecule has 0 aromatic heterocycles. The van der Waals surface area contributed by atoms with E-state index in [2.05, 4.69) is 15.3 Å². The van der Waals surface area contributed by atoms with Crippen molar-refractivity contribution >= 4 is 18.2 Å². The van der Waals surface area contributed by atoms with Gasteiger partial charge >= 0.3 is 6.80 Å². The van der Waals surface area contributed by atoms with E-state index >= 15 is 0 Å². The van der Waals surface area contributed by atoms with Crippen LogP contribution >= 0.6 is 18.2 Å². The first-order valence-electron chi connectivity index (χ1n) is 2.47. The summed E-state index contributed by atoms with van der Waals surface area (Å²) in [4.78, 5) is 8.67. The maximum Gasteiger partial charge on any atom is 0.402 e. The fourth-order valence-electron chi connectivity index (χ4n) is 0.266. The summed E-state index contributed by atoms with van der Waals surface area (Å²) in [6, 6.07) is 0. The van der Waals surface area contributed by atoms with Gasteiger partial charge in [0, 0.05) is 12.9 Å². The highest BCUT2D eigenvalue weighted by molar-refractivity contribution is 8.54. The van der Waals surface area contributed by atoms with Crippen LogP contribution in [-0.2, 0) is 13.9 Å². The van der Waals surface area contributed by atoms with Gasteiger partial charge in [-0.15, -0.1) is 0 Å². The van der Waals surface area contributed by atoms with Crippen molar-refractivity contribution in [2.24, 2.45) is 5.90 Å². The lowest BCUT2D eigenvalue weighted by Crippen LogP contribution is -1.96. The average Bonchev–Trinajstić information content (AvgIpc) is 1.89. The molecule has 0 aliphatic carbocycles. The van der Waals surface area contributed by atoms with Crippen LogP contribution in [-0.4, -0.2) is 24.4 Å². The normalized spacial score (nSPS) is 16.7. The molecule has 1 unspecified atom stereocenters. The van der Waals surface area contributed by atoms with E-state index in [1.54, 1.807) is 0 Å². The first kappa shape index (κ1) is 10.4. The third kappa shape index (κ3) is 5.22. The minimum Gasteiger partial charge on any atom is -0.384 e. The number of nitrogens with two attached hydrogens (primary N) is 1. The highest BCUT2D eigenvalue weighted by Crippen LogP contribution is 2.53. The van der Waals surface area contributed by atoms with Crippen molar-refractivity contribution in [2.75, 3.05) is 19.5 Å². The second-order valence-electron chi connectivity index (χ2n) is 1.40. The third-order valence-electron chi connectivity index (χ3n) is 0.675. The lowest BCUT2D eigenvalue weighted by Gasteiger charge is -2.04. The first-order valence-corrected chi connectivity index (χ1v) is 5.64. The van der Waals surface area contributed by atoms with Crippen LogP contribution in [0.15, 0.2) is 0 Å². The standard InChI is InChI=1S/C3H10NO4PS/c1-7-2-3-10-9(5,6)8-4/h2-4H2,1H3,(H,5,6). The molecule has 0 aromatic rings. The molecule has 0 aromatic carbocycles. The van der Waals surface area contributed by atoms with Gasteiger partial charge in [0.1, 0.15) is 0 Å². The summed E-state index contributed by atoms with van der Waals surface area (Å²) in [6.07, 6.45) is 0. The Morgan fingerprint density at radius 2 is 2.40 bits per heavy atom. The molecular formula is C3H10NO4PS. The van der Waals surface area contributed by atoms with E-state index in [4.69, 9.17) is 4.89 Å². The van der Waals surface area contributed by atoms with Gasteiger partial charge in [0.2, 0.25) is 0 Å². The van der Waals surface area contributed by atoms with Crippen LogP contribution in [0.5, 0.6) is 0 Å². The molecule has 0 aliphatic heterocycles. The number of hydrogen-bond donors (Lipinski definition) is 2. The molecular weight excluding hydrogens is 177 g/mol. The smallest absolute Gasteiger partial charge is 0.384 e. The van der Waals surface area contributed by atoms with Crippen molar-refractivity contribution in [2.45, 2.75) is 0 Å². The first-order chi connectivity index (χ1) is 4.62. The Balaban J connectivity index is 3.38. The molecule has 5 nitrogen and oxygen atoms in total. The van der Waals surface area contributed by atoms with E-state index in [-0.39, 0.29) is 0 Å². The highest BCUT2D eigenvalue weighted by Gasteiger charge is 2.17. The Labute approximate surface area is 63.1 Å². The van der Waals surface area contributed by atoms with E-state index in [0.717, 1.165) is 11.4 Å². The maximum atomic E-state index is 10.6. The molecule has 3 N–H and O–H groups in total. The third-order valence-corrected chi connectivity index (χ3v) is 3.40. The zero-order valence-electron chi connectivity index (χ0n) is 5.52. The SMILES string of the molecule is COCCSP(=O)(O)ON. The zero-order chi connectivity index (χ0) is 8.04. The van der Waals surface area contributed by atoms with Crippen LogP contribution in [0.3, 0.4) is 0 Å². The van der Waals surface area contributed by atoms with Crippen LogP contribution in [0.1, 0.15) is 0 Å². The van der Waals surface area contributed by atoms with E-state index in [9.17, 15) is 4.57 Å². The van der Waals surface area contributed by atoms with Gasteiger partial charge in [-0.25, -0.2) is 15.1 Å². The predicted molar refractivity (Wildman–Crippen MR) is 39.4 cm³/mol. The topological polar surface area (TPSA) is 81.8 Å². The molecule has 0 saturated carbocycles. The van der Waals surface area contributed by atoms with Crippen LogP contribution in [0.25, 0.3) is 0 Å². The summed E-state index contributed by atoms with van der Waals surface area (Å²) in [5, 5.41) is 0. The molecule has 0 spiro atoms. The molecule has 0 saturated heterocycles. The Hall–Kier alpha value is 0.420. The molecule has 1 atom stereocenters. The quantitative estimate of drug-likeness (QED) is 0.367. The van der Waals surface area contributed by atoms with Crippen LogP contribution in [0.2, 0.25) is 0 Å². The van der Waals surface area contributed by atoms with Gasteiger partial charge in [0.15, 0.2) is 0 Å². The van der Waals surface area contributed by atoms with Crippen LogP contribution in [0, 0.1) is 0 Å². The lowest BCUT2D eigenvalue weighted by molar-refractivity contribution is 0.218. The number of hydrogen-bond acceptors (Lipinski definition) is 5. The van der Waals surface area contributed by atoms with Crippen molar-refractivity contribution in [3.63, 3.8) is 0 Å². The van der Waals surface area contributed by atoms with E-state index in [1.807, 2.05) is 0 Å². The van der Waals surface area contributed by atoms with Crippen molar-refractivity contribution in [3.05, 3.63) is 0 Å². The van der Waals surface area contributed by atoms with E-state index in [1.165, 1.54) is 7.11 Å². The molecule has 0 heterocycles. The second kappa shape index (κ2) is 5.12. The predicted octanol–water partition coefficient (Wildman–Crippen LogP) is 0.357. The van der Waals surface area contributed by atoms with Gasteiger partial charge in [-0.2, -0.15) is 0 Å². The van der Waals surface area contributed by atoms with Crippen molar-refractivity contribution < 1.29 is 18.8 Å². The molecule has 7 heteroatoms. The van der Waals surface area contributed by atoms with Crippen molar-refractivity contribution in [1.29, 1.82) is 0 Å². The highest BCUT2D eigenvalue weighted by atomic mass is 32.7. The number of rotatable bonds is 5. The van der Waals surface area contributed by atoms with Crippen molar-refractivity contribution in [1.82, 2.24) is 0 Å². The molecule has 0 bridgehead atoms. The van der Waals surface area contributed by atoms with Gasteiger partial charge in [-0.05, 0) is 11.4 Å². The lowest BCUT2D eigenvalue weighted by atomic mass is 10.9. The zero-order valence-corrected chi connectivity index (χ0v) is 7.23. The molecule has 62 valence electrons. The molecule has 0 aliphatic rings. The van der Waals surface area contributed by atoms with Gasteiger partial charge in [0.25, 0.3) is 0 Å². The Kier molecular flexibility index (Phi) is 5.34. The summed E-state index contributed by atoms with van der Waals surface area (Å²) < 4.78 is 19.0. The average molecular weight is 187 g/mol. The fraction of sp³-hybridized carbons (Fsp3) is 1.00. The van der Waals surface area contributed by atoms with Crippen molar-refractivity contribution in [3.8, 4) is 0 Å². The minimum absolute atomic E-state index is 0.390. The Morgan fingerprint density at radius 3 is 2.80 bits per heavy atom. The van der Waals surface area contributed by atoms with Gasteiger partial charge in [-0.3, -0.25) is 0 Å². The maximum absolute atomic E-state index is 10.6. The van der Waals surface area contributed by atoms with E-state index < -0.39 is 6.80 Å². The Bertz CT molecular complexity index is 132. The molecule has 0 radical (unpaired) electrons. The van der Waals surface area contributed by atoms with Gasteiger partial charge in [0.05, 0.1) is 6.61 Å². The number of ether oxygens (including phenoxy) is 1. The van der Waals surface area contributed by atoms with Crippen LogP contribution in [0.4, 0.5) is 0 Å². The number of methoxy groups -OCH3 is 1. The summed E-state index contributed by atoms with van der Waals surface area (Å²) in [5.74, 6) is 4.90. The van der Waals surface area contributed by atoms with Crippen LogP contribution < -0.4 is 5.90 Å². The monoisotopic (exact) mass is 187 g/mol. The minimum atomic E-state index is -3.59. The second-order valence-corrected chi connectivity index (χ2v) is 5.37. The summed E-state index contributed by atoms with van der Waals surface area (Å²) in [5.41, 5.74) is 0. The summed E-state index contributed by atoms with van der Waals surface area (Å²) >= 11 is 0.742. The fourth-order valence-corrected chi connectivity index (χ4v) is 1.90. The molecule has 0 rings (SSSR count). The molecule has 0 amide bonds. The summed E-state index contributed by atoms with van der Waals surface area (Å²) in [7, 11) is 1.51. The summed E-state index contributed by atoms with van der Waals surface area (Å²) in [6.45, 7) is -3.19. The van der Waals surface area contributed by atoms with E-state index in [0.29, 0.717) is 12.4 Å².